The molecule has 0 aliphatic heterocycles. The van der Waals surface area contributed by atoms with E-state index < -0.39 is 18.1 Å². The van der Waals surface area contributed by atoms with Crippen molar-refractivity contribution in [2.24, 2.45) is 0 Å². The van der Waals surface area contributed by atoms with Crippen molar-refractivity contribution in [1.29, 1.82) is 0 Å². The average molecular weight is 472 g/mol. The van der Waals surface area contributed by atoms with Gasteiger partial charge in [-0.2, -0.15) is 0 Å². The molecule has 4 rings (SSSR count). The fourth-order valence-electron chi connectivity index (χ4n) is 3.65. The van der Waals surface area contributed by atoms with Gasteiger partial charge in [0, 0.05) is 17.2 Å². The maximum absolute atomic E-state index is 12.3. The SMILES string of the molecule is O=C(N[C@@H](Cc1ccc(Br)s1)C(=O)O)OCC1c2ccccc2-c2ccccc21. The van der Waals surface area contributed by atoms with Gasteiger partial charge in [-0.15, -0.1) is 11.3 Å². The summed E-state index contributed by atoms with van der Waals surface area (Å²) >= 11 is 4.80. The zero-order valence-corrected chi connectivity index (χ0v) is 17.7. The fourth-order valence-corrected chi connectivity index (χ4v) is 5.17. The Morgan fingerprint density at radius 2 is 1.66 bits per heavy atom. The molecule has 0 bridgehead atoms. The molecule has 0 saturated heterocycles. The van der Waals surface area contributed by atoms with E-state index in [2.05, 4.69) is 33.4 Å². The van der Waals surface area contributed by atoms with Gasteiger partial charge in [0.1, 0.15) is 12.6 Å². The number of ether oxygens (including phenoxy) is 1. The van der Waals surface area contributed by atoms with E-state index in [9.17, 15) is 14.7 Å². The first kappa shape index (κ1) is 19.7. The number of carboxylic acid groups (broad SMARTS) is 1. The third-order valence-electron chi connectivity index (χ3n) is 4.97. The predicted molar refractivity (Wildman–Crippen MR) is 115 cm³/mol. The van der Waals surface area contributed by atoms with Crippen molar-refractivity contribution in [2.75, 3.05) is 6.61 Å². The van der Waals surface area contributed by atoms with Gasteiger partial charge in [0.2, 0.25) is 0 Å². The Labute approximate surface area is 180 Å². The molecular weight excluding hydrogens is 454 g/mol. The Hall–Kier alpha value is -2.64. The molecule has 1 heterocycles. The van der Waals surface area contributed by atoms with Crippen LogP contribution in [0.1, 0.15) is 21.9 Å². The van der Waals surface area contributed by atoms with E-state index in [0.29, 0.717) is 0 Å². The lowest BCUT2D eigenvalue weighted by atomic mass is 9.98. The summed E-state index contributed by atoms with van der Waals surface area (Å²) in [5.41, 5.74) is 4.51. The molecule has 1 atom stereocenters. The summed E-state index contributed by atoms with van der Waals surface area (Å²) in [5, 5.41) is 11.9. The van der Waals surface area contributed by atoms with E-state index in [1.807, 2.05) is 48.5 Å². The Bertz CT molecular complexity index is 1020. The topological polar surface area (TPSA) is 75.6 Å². The zero-order chi connectivity index (χ0) is 20.4. The van der Waals surface area contributed by atoms with Crippen molar-refractivity contribution in [3.8, 4) is 11.1 Å². The molecule has 2 N–H and O–H groups in total. The van der Waals surface area contributed by atoms with E-state index in [1.54, 1.807) is 0 Å². The molecule has 0 radical (unpaired) electrons. The van der Waals surface area contributed by atoms with E-state index >= 15 is 0 Å². The van der Waals surface area contributed by atoms with Crippen LogP contribution in [0, 0.1) is 0 Å². The van der Waals surface area contributed by atoms with Gasteiger partial charge in [0.15, 0.2) is 0 Å². The predicted octanol–water partition coefficient (Wildman–Crippen LogP) is 5.05. The number of carbonyl (C=O) groups excluding carboxylic acids is 1. The zero-order valence-electron chi connectivity index (χ0n) is 15.3. The van der Waals surface area contributed by atoms with Crippen LogP contribution in [0.3, 0.4) is 0 Å². The molecular formula is C22H18BrNO4S. The molecule has 0 saturated carbocycles. The first-order valence-electron chi connectivity index (χ1n) is 9.11. The second kappa shape index (κ2) is 8.39. The molecule has 0 fully saturated rings. The Kier molecular flexibility index (Phi) is 5.69. The normalized spacial score (nSPS) is 13.4. The van der Waals surface area contributed by atoms with E-state index in [1.165, 1.54) is 11.3 Å². The number of carbonyl (C=O) groups is 2. The summed E-state index contributed by atoms with van der Waals surface area (Å²) in [6, 6.07) is 18.8. The molecule has 0 spiro atoms. The molecule has 1 aliphatic rings. The van der Waals surface area contributed by atoms with Crippen LogP contribution >= 0.6 is 27.3 Å². The number of rotatable bonds is 6. The van der Waals surface area contributed by atoms with Gasteiger partial charge in [-0.1, -0.05) is 48.5 Å². The van der Waals surface area contributed by atoms with Gasteiger partial charge in [0.05, 0.1) is 3.79 Å². The number of fused-ring (bicyclic) bond motifs is 3. The van der Waals surface area contributed by atoms with Gasteiger partial charge >= 0.3 is 12.1 Å². The van der Waals surface area contributed by atoms with Gasteiger partial charge in [-0.25, -0.2) is 9.59 Å². The number of amides is 1. The number of benzene rings is 2. The molecule has 1 aromatic heterocycles. The second-order valence-electron chi connectivity index (χ2n) is 6.77. The Morgan fingerprint density at radius 3 is 2.21 bits per heavy atom. The highest BCUT2D eigenvalue weighted by Gasteiger charge is 2.29. The minimum absolute atomic E-state index is 0.0651. The van der Waals surface area contributed by atoms with Gasteiger partial charge < -0.3 is 15.2 Å². The highest BCUT2D eigenvalue weighted by Crippen LogP contribution is 2.44. The number of halogens is 1. The standard InChI is InChI=1S/C22H18BrNO4S/c23-20-10-9-13(29-20)11-19(21(25)26)24-22(27)28-12-18-16-7-3-1-5-14(16)15-6-2-4-8-17(15)18/h1-10,18-19H,11-12H2,(H,24,27)(H,25,26)/t19-/m0/s1. The molecule has 5 nitrogen and oxygen atoms in total. The highest BCUT2D eigenvalue weighted by atomic mass is 79.9. The second-order valence-corrected chi connectivity index (χ2v) is 9.32. The number of hydrogen-bond acceptors (Lipinski definition) is 4. The van der Waals surface area contributed by atoms with Crippen molar-refractivity contribution in [3.05, 3.63) is 80.5 Å². The number of alkyl carbamates (subject to hydrolysis) is 1. The summed E-state index contributed by atoms with van der Waals surface area (Å²) < 4.78 is 6.36. The van der Waals surface area contributed by atoms with Gasteiger partial charge in [-0.05, 0) is 50.3 Å². The summed E-state index contributed by atoms with van der Waals surface area (Å²) in [6.07, 6.45) is -0.523. The number of carboxylic acids is 1. The minimum Gasteiger partial charge on any atom is -0.480 e. The Morgan fingerprint density at radius 1 is 1.03 bits per heavy atom. The lowest BCUT2D eigenvalue weighted by Crippen LogP contribution is -2.42. The number of hydrogen-bond donors (Lipinski definition) is 2. The lowest BCUT2D eigenvalue weighted by molar-refractivity contribution is -0.139. The maximum atomic E-state index is 12.3. The summed E-state index contributed by atoms with van der Waals surface area (Å²) in [6.45, 7) is 0.150. The molecule has 7 heteroatoms. The van der Waals surface area contributed by atoms with Crippen molar-refractivity contribution in [1.82, 2.24) is 5.32 Å². The largest absolute Gasteiger partial charge is 0.480 e. The number of aliphatic carboxylic acids is 1. The van der Waals surface area contributed by atoms with Crippen LogP contribution in [0.5, 0.6) is 0 Å². The fraction of sp³-hybridized carbons (Fsp3) is 0.182. The van der Waals surface area contributed by atoms with Crippen LogP contribution in [0.25, 0.3) is 11.1 Å². The molecule has 1 amide bonds. The van der Waals surface area contributed by atoms with Crippen molar-refractivity contribution in [2.45, 2.75) is 18.4 Å². The molecule has 1 aliphatic carbocycles. The highest BCUT2D eigenvalue weighted by molar-refractivity contribution is 9.11. The van der Waals surface area contributed by atoms with Crippen LogP contribution in [-0.2, 0) is 16.0 Å². The number of thiophene rings is 1. The van der Waals surface area contributed by atoms with Gasteiger partial charge in [-0.3, -0.25) is 0 Å². The maximum Gasteiger partial charge on any atom is 0.407 e. The number of nitrogens with one attached hydrogen (secondary N) is 1. The molecule has 3 aromatic rings. The van der Waals surface area contributed by atoms with E-state index in [0.717, 1.165) is 30.9 Å². The molecule has 2 aromatic carbocycles. The van der Waals surface area contributed by atoms with Crippen molar-refractivity contribution >= 4 is 39.3 Å². The van der Waals surface area contributed by atoms with Crippen LogP contribution in [0.15, 0.2) is 64.5 Å². The van der Waals surface area contributed by atoms with Gasteiger partial charge in [0.25, 0.3) is 0 Å². The average Bonchev–Trinajstić information content (AvgIpc) is 3.27. The van der Waals surface area contributed by atoms with E-state index in [-0.39, 0.29) is 18.9 Å². The lowest BCUT2D eigenvalue weighted by Gasteiger charge is -2.17. The first-order chi connectivity index (χ1) is 14.0. The van der Waals surface area contributed by atoms with Crippen molar-refractivity contribution in [3.63, 3.8) is 0 Å². The molecule has 29 heavy (non-hydrogen) atoms. The quantitative estimate of drug-likeness (QED) is 0.527. The van der Waals surface area contributed by atoms with Crippen LogP contribution in [0.4, 0.5) is 4.79 Å². The van der Waals surface area contributed by atoms with E-state index in [4.69, 9.17) is 4.74 Å². The summed E-state index contributed by atoms with van der Waals surface area (Å²) in [4.78, 5) is 24.8. The minimum atomic E-state index is -1.09. The smallest absolute Gasteiger partial charge is 0.407 e. The van der Waals surface area contributed by atoms with Crippen LogP contribution < -0.4 is 5.32 Å². The van der Waals surface area contributed by atoms with Crippen molar-refractivity contribution < 1.29 is 19.4 Å². The van der Waals surface area contributed by atoms with Crippen LogP contribution in [-0.4, -0.2) is 29.8 Å². The third-order valence-corrected chi connectivity index (χ3v) is 6.61. The first-order valence-corrected chi connectivity index (χ1v) is 10.7. The molecule has 148 valence electrons. The summed E-state index contributed by atoms with van der Waals surface area (Å²) in [7, 11) is 0. The third kappa shape index (κ3) is 4.21. The monoisotopic (exact) mass is 471 g/mol. The van der Waals surface area contributed by atoms with Crippen LogP contribution in [0.2, 0.25) is 0 Å². The molecule has 0 unspecified atom stereocenters. The Balaban J connectivity index is 1.43. The summed E-state index contributed by atoms with van der Waals surface area (Å²) in [5.74, 6) is -1.16.